The summed E-state index contributed by atoms with van der Waals surface area (Å²) in [6.45, 7) is 1.96. The summed E-state index contributed by atoms with van der Waals surface area (Å²) in [5, 5.41) is 2.94. The molecule has 1 aromatic carbocycles. The minimum absolute atomic E-state index is 0.112. The van der Waals surface area contributed by atoms with Gasteiger partial charge in [0.15, 0.2) is 0 Å². The van der Waals surface area contributed by atoms with Crippen molar-refractivity contribution in [2.45, 2.75) is 19.6 Å². The van der Waals surface area contributed by atoms with Crippen LogP contribution in [-0.2, 0) is 12.7 Å². The zero-order valence-electron chi connectivity index (χ0n) is 10.3. The number of nitrogens with zero attached hydrogens (tertiary/aromatic N) is 1. The Bertz CT molecular complexity index is 547. The number of benzene rings is 1. The lowest BCUT2D eigenvalue weighted by atomic mass is 10.1. The van der Waals surface area contributed by atoms with E-state index in [2.05, 4.69) is 10.3 Å². The van der Waals surface area contributed by atoms with E-state index in [4.69, 9.17) is 0 Å². The summed E-state index contributed by atoms with van der Waals surface area (Å²) in [5.41, 5.74) is 1.17. The molecule has 0 aliphatic rings. The predicted molar refractivity (Wildman–Crippen MR) is 67.7 cm³/mol. The maximum Gasteiger partial charge on any atom is 0.416 e. The molecule has 19 heavy (non-hydrogen) atoms. The van der Waals surface area contributed by atoms with Crippen molar-refractivity contribution in [3.05, 3.63) is 59.4 Å². The van der Waals surface area contributed by atoms with E-state index < -0.39 is 11.7 Å². The van der Waals surface area contributed by atoms with Crippen LogP contribution in [0.25, 0.3) is 0 Å². The van der Waals surface area contributed by atoms with Crippen LogP contribution < -0.4 is 5.32 Å². The first-order chi connectivity index (χ1) is 8.97. The molecule has 0 saturated carbocycles. The molecular weight excluding hydrogens is 253 g/mol. The summed E-state index contributed by atoms with van der Waals surface area (Å²) in [6.07, 6.45) is -2.73. The molecule has 1 heterocycles. The number of rotatable bonds is 3. The predicted octanol–water partition coefficient (Wildman–Crippen LogP) is 4.02. The van der Waals surface area contributed by atoms with Gasteiger partial charge in [0, 0.05) is 12.2 Å². The zero-order valence-corrected chi connectivity index (χ0v) is 10.3. The molecule has 0 fully saturated rings. The van der Waals surface area contributed by atoms with Gasteiger partial charge in [0.25, 0.3) is 0 Å². The van der Waals surface area contributed by atoms with Gasteiger partial charge in [0.05, 0.1) is 17.4 Å². The van der Waals surface area contributed by atoms with Gasteiger partial charge < -0.3 is 5.32 Å². The highest BCUT2D eigenvalue weighted by atomic mass is 19.4. The number of aryl methyl sites for hydroxylation is 1. The Morgan fingerprint density at radius 3 is 2.47 bits per heavy atom. The van der Waals surface area contributed by atoms with Gasteiger partial charge in [0.2, 0.25) is 0 Å². The van der Waals surface area contributed by atoms with Crippen molar-refractivity contribution < 1.29 is 13.2 Å². The largest absolute Gasteiger partial charge is 0.416 e. The van der Waals surface area contributed by atoms with E-state index in [0.717, 1.165) is 11.8 Å². The fourth-order valence-corrected chi connectivity index (χ4v) is 1.72. The number of halogens is 3. The molecule has 100 valence electrons. The molecule has 0 atom stereocenters. The Balaban J connectivity index is 2.14. The third kappa shape index (κ3) is 3.47. The minimum Gasteiger partial charge on any atom is -0.380 e. The molecule has 5 heteroatoms. The maximum atomic E-state index is 12.8. The third-order valence-electron chi connectivity index (χ3n) is 2.72. The van der Waals surface area contributed by atoms with Crippen molar-refractivity contribution in [2.75, 3.05) is 5.32 Å². The van der Waals surface area contributed by atoms with Gasteiger partial charge in [-0.3, -0.25) is 4.98 Å². The van der Waals surface area contributed by atoms with Crippen LogP contribution in [0.15, 0.2) is 42.6 Å². The Labute approximate surface area is 109 Å². The molecule has 0 spiro atoms. The van der Waals surface area contributed by atoms with Crippen LogP contribution in [-0.4, -0.2) is 4.98 Å². The van der Waals surface area contributed by atoms with Gasteiger partial charge in [-0.05, 0) is 30.7 Å². The van der Waals surface area contributed by atoms with Gasteiger partial charge in [-0.25, -0.2) is 0 Å². The first-order valence-corrected chi connectivity index (χ1v) is 5.78. The lowest BCUT2D eigenvalue weighted by Gasteiger charge is -2.13. The van der Waals surface area contributed by atoms with Crippen molar-refractivity contribution in [3.63, 3.8) is 0 Å². The van der Waals surface area contributed by atoms with E-state index >= 15 is 0 Å². The molecule has 1 N–H and O–H groups in total. The Morgan fingerprint density at radius 2 is 1.84 bits per heavy atom. The average molecular weight is 266 g/mol. The number of aromatic nitrogens is 1. The maximum absolute atomic E-state index is 12.8. The second-order valence-electron chi connectivity index (χ2n) is 4.20. The Morgan fingerprint density at radius 1 is 1.11 bits per heavy atom. The van der Waals surface area contributed by atoms with Crippen LogP contribution in [0.5, 0.6) is 0 Å². The van der Waals surface area contributed by atoms with Crippen LogP contribution in [0.4, 0.5) is 18.9 Å². The highest BCUT2D eigenvalue weighted by Gasteiger charge is 2.32. The van der Waals surface area contributed by atoms with Crippen LogP contribution in [0.1, 0.15) is 16.8 Å². The van der Waals surface area contributed by atoms with Crippen molar-refractivity contribution in [3.8, 4) is 0 Å². The molecule has 0 aliphatic carbocycles. The number of alkyl halides is 3. The molecule has 1 aromatic heterocycles. The molecule has 0 aliphatic heterocycles. The SMILES string of the molecule is Cc1ccc(NCc2ccccc2C(F)(F)F)cn1. The topological polar surface area (TPSA) is 24.9 Å². The number of hydrogen-bond acceptors (Lipinski definition) is 2. The number of nitrogens with one attached hydrogen (secondary N) is 1. The van der Waals surface area contributed by atoms with E-state index in [1.807, 2.05) is 6.92 Å². The highest BCUT2D eigenvalue weighted by molar-refractivity contribution is 5.42. The third-order valence-corrected chi connectivity index (χ3v) is 2.72. The molecular formula is C14H13F3N2. The van der Waals surface area contributed by atoms with E-state index in [9.17, 15) is 13.2 Å². The number of hydrogen-bond donors (Lipinski definition) is 1. The monoisotopic (exact) mass is 266 g/mol. The Hall–Kier alpha value is -2.04. The first-order valence-electron chi connectivity index (χ1n) is 5.78. The quantitative estimate of drug-likeness (QED) is 0.907. The van der Waals surface area contributed by atoms with Gasteiger partial charge in [-0.2, -0.15) is 13.2 Å². The summed E-state index contributed by atoms with van der Waals surface area (Å²) in [4.78, 5) is 4.08. The van der Waals surface area contributed by atoms with Crippen molar-refractivity contribution in [1.29, 1.82) is 0 Å². The van der Waals surface area contributed by atoms with Crippen LogP contribution >= 0.6 is 0 Å². The van der Waals surface area contributed by atoms with Crippen LogP contribution in [0.3, 0.4) is 0 Å². The number of pyridine rings is 1. The van der Waals surface area contributed by atoms with Gasteiger partial charge >= 0.3 is 6.18 Å². The standard InChI is InChI=1S/C14H13F3N2/c1-10-6-7-12(9-18-10)19-8-11-4-2-3-5-13(11)14(15,16)17/h2-7,9,19H,8H2,1H3. The minimum atomic E-state index is -4.33. The highest BCUT2D eigenvalue weighted by Crippen LogP contribution is 2.32. The molecule has 0 unspecified atom stereocenters. The van der Waals surface area contributed by atoms with E-state index in [1.54, 1.807) is 24.4 Å². The van der Waals surface area contributed by atoms with Crippen molar-refractivity contribution in [1.82, 2.24) is 4.98 Å². The van der Waals surface area contributed by atoms with Crippen molar-refractivity contribution in [2.24, 2.45) is 0 Å². The van der Waals surface area contributed by atoms with Gasteiger partial charge in [-0.15, -0.1) is 0 Å². The van der Waals surface area contributed by atoms with Gasteiger partial charge in [0.1, 0.15) is 0 Å². The first kappa shape index (κ1) is 13.4. The summed E-state index contributed by atoms with van der Waals surface area (Å²) in [5.74, 6) is 0. The van der Waals surface area contributed by atoms with Crippen LogP contribution in [0.2, 0.25) is 0 Å². The lowest BCUT2D eigenvalue weighted by molar-refractivity contribution is -0.138. The van der Waals surface area contributed by atoms with E-state index in [1.165, 1.54) is 12.1 Å². The zero-order chi connectivity index (χ0) is 13.9. The molecule has 2 rings (SSSR count). The Kier molecular flexibility index (Phi) is 3.74. The van der Waals surface area contributed by atoms with Crippen LogP contribution in [0, 0.1) is 6.92 Å². The van der Waals surface area contributed by atoms with Crippen molar-refractivity contribution >= 4 is 5.69 Å². The van der Waals surface area contributed by atoms with E-state index in [0.29, 0.717) is 5.69 Å². The summed E-state index contributed by atoms with van der Waals surface area (Å²) in [7, 11) is 0. The molecule has 2 aromatic rings. The molecule has 0 amide bonds. The summed E-state index contributed by atoms with van der Waals surface area (Å²) in [6, 6.07) is 9.14. The second kappa shape index (κ2) is 5.30. The normalized spacial score (nSPS) is 11.4. The molecule has 0 radical (unpaired) electrons. The second-order valence-corrected chi connectivity index (χ2v) is 4.20. The smallest absolute Gasteiger partial charge is 0.380 e. The molecule has 0 saturated heterocycles. The summed E-state index contributed by atoms with van der Waals surface area (Å²) < 4.78 is 38.4. The lowest BCUT2D eigenvalue weighted by Crippen LogP contribution is -2.11. The fourth-order valence-electron chi connectivity index (χ4n) is 1.72. The molecule has 2 nitrogen and oxygen atoms in total. The summed E-state index contributed by atoms with van der Waals surface area (Å²) >= 11 is 0. The average Bonchev–Trinajstić information content (AvgIpc) is 2.37. The van der Waals surface area contributed by atoms with E-state index in [-0.39, 0.29) is 12.1 Å². The fraction of sp³-hybridized carbons (Fsp3) is 0.214. The van der Waals surface area contributed by atoms with Gasteiger partial charge in [-0.1, -0.05) is 18.2 Å². The number of anilines is 1. The molecule has 0 bridgehead atoms.